The van der Waals surface area contributed by atoms with Gasteiger partial charge in [-0.15, -0.1) is 0 Å². The van der Waals surface area contributed by atoms with E-state index in [-0.39, 0.29) is 5.56 Å². The van der Waals surface area contributed by atoms with Crippen LogP contribution in [-0.2, 0) is 0 Å². The van der Waals surface area contributed by atoms with Crippen LogP contribution < -0.4 is 5.56 Å². The summed E-state index contributed by atoms with van der Waals surface area (Å²) in [4.78, 5) is 14.1. The maximum atomic E-state index is 11.8. The second kappa shape index (κ2) is 4.19. The average Bonchev–Trinajstić information content (AvgIpc) is 2.20. The Balaban J connectivity index is 2.19. The lowest BCUT2D eigenvalue weighted by molar-refractivity contribution is 0.218. The van der Waals surface area contributed by atoms with E-state index in [0.717, 1.165) is 31.5 Å². The van der Waals surface area contributed by atoms with Gasteiger partial charge in [0.15, 0.2) is 0 Å². The maximum Gasteiger partial charge on any atom is 0.251 e. The van der Waals surface area contributed by atoms with Crippen molar-refractivity contribution in [2.45, 2.75) is 25.8 Å². The first kappa shape index (κ1) is 10.4. The van der Waals surface area contributed by atoms with Gasteiger partial charge in [0.2, 0.25) is 0 Å². The highest BCUT2D eigenvalue weighted by atomic mass is 16.1. The number of hydrogen-bond acceptors (Lipinski definition) is 2. The van der Waals surface area contributed by atoms with Crippen LogP contribution in [0.2, 0.25) is 0 Å². The third-order valence-corrected chi connectivity index (χ3v) is 3.19. The van der Waals surface area contributed by atoms with Crippen molar-refractivity contribution in [3.8, 4) is 0 Å². The van der Waals surface area contributed by atoms with Gasteiger partial charge in [0.1, 0.15) is 0 Å². The Hall–Kier alpha value is -1.09. The van der Waals surface area contributed by atoms with Crippen LogP contribution in [0.1, 0.15) is 24.4 Å². The van der Waals surface area contributed by atoms with E-state index < -0.39 is 0 Å². The predicted molar refractivity (Wildman–Crippen MR) is 61.2 cm³/mol. The molecule has 0 saturated carbocycles. The van der Waals surface area contributed by atoms with Gasteiger partial charge in [-0.05, 0) is 51.5 Å². The summed E-state index contributed by atoms with van der Waals surface area (Å²) in [5.41, 5.74) is 1.19. The fourth-order valence-corrected chi connectivity index (χ4v) is 2.16. The molecule has 0 unspecified atom stereocenters. The Kier molecular flexibility index (Phi) is 2.91. The lowest BCUT2D eigenvalue weighted by Crippen LogP contribution is -2.35. The van der Waals surface area contributed by atoms with Crippen LogP contribution in [0.15, 0.2) is 23.1 Å². The molecule has 1 fully saturated rings. The van der Waals surface area contributed by atoms with Gasteiger partial charge in [-0.2, -0.15) is 0 Å². The van der Waals surface area contributed by atoms with Crippen LogP contribution in [0.3, 0.4) is 0 Å². The first-order valence-corrected chi connectivity index (χ1v) is 5.54. The molecule has 1 aromatic heterocycles. The Morgan fingerprint density at radius 2 is 2.00 bits per heavy atom. The highest BCUT2D eigenvalue weighted by Crippen LogP contribution is 2.19. The first-order chi connectivity index (χ1) is 7.16. The van der Waals surface area contributed by atoms with Crippen LogP contribution in [0.5, 0.6) is 0 Å². The summed E-state index contributed by atoms with van der Waals surface area (Å²) >= 11 is 0. The number of aryl methyl sites for hydroxylation is 1. The van der Waals surface area contributed by atoms with E-state index >= 15 is 0 Å². The SMILES string of the molecule is Cc1ccn(C2CCN(C)CC2)c(=O)c1. The number of pyridine rings is 1. The molecule has 0 bridgehead atoms. The standard InChI is InChI=1S/C12H18N2O/c1-10-3-8-14(12(15)9-10)11-4-6-13(2)7-5-11/h3,8-9,11H,4-7H2,1-2H3. The lowest BCUT2D eigenvalue weighted by atomic mass is 10.1. The van der Waals surface area contributed by atoms with E-state index in [1.807, 2.05) is 23.8 Å². The zero-order chi connectivity index (χ0) is 10.8. The Morgan fingerprint density at radius 1 is 1.33 bits per heavy atom. The zero-order valence-electron chi connectivity index (χ0n) is 9.44. The smallest absolute Gasteiger partial charge is 0.251 e. The van der Waals surface area contributed by atoms with Gasteiger partial charge in [-0.25, -0.2) is 0 Å². The van der Waals surface area contributed by atoms with E-state index in [1.54, 1.807) is 6.07 Å². The minimum absolute atomic E-state index is 0.143. The summed E-state index contributed by atoms with van der Waals surface area (Å²) in [6, 6.07) is 4.13. The second-order valence-electron chi connectivity index (χ2n) is 4.48. The normalized spacial score (nSPS) is 19.3. The summed E-state index contributed by atoms with van der Waals surface area (Å²) < 4.78 is 1.89. The fraction of sp³-hybridized carbons (Fsp3) is 0.583. The molecular formula is C12H18N2O. The van der Waals surface area contributed by atoms with Crippen molar-refractivity contribution in [3.63, 3.8) is 0 Å². The zero-order valence-corrected chi connectivity index (χ0v) is 9.44. The molecule has 0 spiro atoms. The molecular weight excluding hydrogens is 188 g/mol. The van der Waals surface area contributed by atoms with E-state index in [1.165, 1.54) is 0 Å². The highest BCUT2D eigenvalue weighted by Gasteiger charge is 2.18. The molecule has 0 radical (unpaired) electrons. The predicted octanol–water partition coefficient (Wildman–Crippen LogP) is 1.42. The number of rotatable bonds is 1. The van der Waals surface area contributed by atoms with E-state index in [9.17, 15) is 4.79 Å². The van der Waals surface area contributed by atoms with Crippen LogP contribution in [0, 0.1) is 6.92 Å². The lowest BCUT2D eigenvalue weighted by Gasteiger charge is -2.30. The van der Waals surface area contributed by atoms with Crippen molar-refractivity contribution in [1.29, 1.82) is 0 Å². The largest absolute Gasteiger partial charge is 0.312 e. The Labute approximate surface area is 90.3 Å². The third-order valence-electron chi connectivity index (χ3n) is 3.19. The van der Waals surface area contributed by atoms with Gasteiger partial charge in [0.25, 0.3) is 5.56 Å². The van der Waals surface area contributed by atoms with E-state index in [0.29, 0.717) is 6.04 Å². The van der Waals surface area contributed by atoms with Crippen molar-refractivity contribution in [1.82, 2.24) is 9.47 Å². The van der Waals surface area contributed by atoms with Crippen molar-refractivity contribution < 1.29 is 0 Å². The number of piperidine rings is 1. The van der Waals surface area contributed by atoms with E-state index in [4.69, 9.17) is 0 Å². The molecule has 3 heteroatoms. The van der Waals surface area contributed by atoms with Crippen molar-refractivity contribution in [2.24, 2.45) is 0 Å². The van der Waals surface area contributed by atoms with Crippen LogP contribution in [0.25, 0.3) is 0 Å². The molecule has 15 heavy (non-hydrogen) atoms. The van der Waals surface area contributed by atoms with Crippen LogP contribution >= 0.6 is 0 Å². The monoisotopic (exact) mass is 206 g/mol. The average molecular weight is 206 g/mol. The summed E-state index contributed by atoms with van der Waals surface area (Å²) in [6.07, 6.45) is 4.10. The van der Waals surface area contributed by atoms with Crippen LogP contribution in [0.4, 0.5) is 0 Å². The molecule has 0 aromatic carbocycles. The minimum Gasteiger partial charge on any atom is -0.312 e. The number of likely N-dealkylation sites (tertiary alicyclic amines) is 1. The third kappa shape index (κ3) is 2.29. The fourth-order valence-electron chi connectivity index (χ4n) is 2.16. The number of nitrogens with zero attached hydrogens (tertiary/aromatic N) is 2. The molecule has 1 aromatic rings. The number of hydrogen-bond donors (Lipinski definition) is 0. The summed E-state index contributed by atoms with van der Waals surface area (Å²) in [6.45, 7) is 4.14. The van der Waals surface area contributed by atoms with Gasteiger partial charge in [0, 0.05) is 18.3 Å². The molecule has 1 aliphatic heterocycles. The molecule has 2 heterocycles. The molecule has 3 nitrogen and oxygen atoms in total. The maximum absolute atomic E-state index is 11.8. The molecule has 82 valence electrons. The Bertz CT molecular complexity index is 389. The minimum atomic E-state index is 0.143. The van der Waals surface area contributed by atoms with Gasteiger partial charge >= 0.3 is 0 Å². The topological polar surface area (TPSA) is 25.2 Å². The molecule has 0 aliphatic carbocycles. The molecule has 0 atom stereocenters. The van der Waals surface area contributed by atoms with Gasteiger partial charge in [0.05, 0.1) is 0 Å². The highest BCUT2D eigenvalue weighted by molar-refractivity contribution is 5.08. The Morgan fingerprint density at radius 3 is 2.60 bits per heavy atom. The number of aromatic nitrogens is 1. The molecule has 0 N–H and O–H groups in total. The molecule has 0 amide bonds. The van der Waals surface area contributed by atoms with Crippen molar-refractivity contribution >= 4 is 0 Å². The molecule has 1 aliphatic rings. The first-order valence-electron chi connectivity index (χ1n) is 5.54. The molecule has 1 saturated heterocycles. The molecule has 2 rings (SSSR count). The van der Waals surface area contributed by atoms with E-state index in [2.05, 4.69) is 11.9 Å². The van der Waals surface area contributed by atoms with Gasteiger partial charge in [-0.3, -0.25) is 4.79 Å². The summed E-state index contributed by atoms with van der Waals surface area (Å²) in [5, 5.41) is 0. The quantitative estimate of drug-likeness (QED) is 0.694. The summed E-state index contributed by atoms with van der Waals surface area (Å²) in [5.74, 6) is 0. The van der Waals surface area contributed by atoms with Gasteiger partial charge < -0.3 is 9.47 Å². The van der Waals surface area contributed by atoms with Crippen molar-refractivity contribution in [2.75, 3.05) is 20.1 Å². The van der Waals surface area contributed by atoms with Crippen LogP contribution in [-0.4, -0.2) is 29.6 Å². The second-order valence-corrected chi connectivity index (χ2v) is 4.48. The van der Waals surface area contributed by atoms with Crippen molar-refractivity contribution in [3.05, 3.63) is 34.2 Å². The van der Waals surface area contributed by atoms with Gasteiger partial charge in [-0.1, -0.05) is 0 Å². The summed E-state index contributed by atoms with van der Waals surface area (Å²) in [7, 11) is 2.13.